The van der Waals surface area contributed by atoms with E-state index >= 15 is 0 Å². The van der Waals surface area contributed by atoms with Crippen molar-refractivity contribution in [2.45, 2.75) is 0 Å². The molecule has 2 aromatic rings. The average Bonchev–Trinajstić information content (AvgIpc) is 2.65. The van der Waals surface area contributed by atoms with Crippen LogP contribution in [0.3, 0.4) is 0 Å². The van der Waals surface area contributed by atoms with Crippen molar-refractivity contribution in [3.05, 3.63) is 42.5 Å². The molecule has 2 rings (SSSR count). The molecule has 0 amide bonds. The Kier molecular flexibility index (Phi) is 1.92. The van der Waals surface area contributed by atoms with E-state index in [1.807, 2.05) is 18.2 Å². The summed E-state index contributed by atoms with van der Waals surface area (Å²) in [7, 11) is 0. The van der Waals surface area contributed by atoms with Crippen molar-refractivity contribution in [3.8, 4) is 11.8 Å². The molecule has 0 spiro atoms. The molecular formula is C10H8N4. The van der Waals surface area contributed by atoms with Gasteiger partial charge in [0.15, 0.2) is 0 Å². The van der Waals surface area contributed by atoms with Gasteiger partial charge in [-0.05, 0) is 18.2 Å². The average molecular weight is 184 g/mol. The molecule has 0 aliphatic carbocycles. The lowest BCUT2D eigenvalue weighted by Gasteiger charge is -2.03. The number of nitrogens with zero attached hydrogens (tertiary/aromatic N) is 3. The van der Waals surface area contributed by atoms with Crippen LogP contribution in [0.25, 0.3) is 5.69 Å². The SMILES string of the molecule is N#Cc1nccn1-c1cccc(N)c1. The molecule has 14 heavy (non-hydrogen) atoms. The highest BCUT2D eigenvalue weighted by Crippen LogP contribution is 2.13. The Bertz CT molecular complexity index is 493. The summed E-state index contributed by atoms with van der Waals surface area (Å²) in [5, 5.41) is 8.77. The Morgan fingerprint density at radius 3 is 3.00 bits per heavy atom. The molecule has 4 nitrogen and oxygen atoms in total. The molecule has 68 valence electrons. The third-order valence-electron chi connectivity index (χ3n) is 1.89. The second-order valence-corrected chi connectivity index (χ2v) is 2.83. The highest BCUT2D eigenvalue weighted by atomic mass is 15.1. The first-order chi connectivity index (χ1) is 6.81. The second kappa shape index (κ2) is 3.23. The molecule has 1 heterocycles. The van der Waals surface area contributed by atoms with E-state index in [1.165, 1.54) is 0 Å². The zero-order valence-electron chi connectivity index (χ0n) is 7.38. The Morgan fingerprint density at radius 1 is 1.43 bits per heavy atom. The van der Waals surface area contributed by atoms with E-state index in [-0.39, 0.29) is 0 Å². The highest BCUT2D eigenvalue weighted by molar-refractivity contribution is 5.48. The van der Waals surface area contributed by atoms with Crippen LogP contribution in [0.15, 0.2) is 36.7 Å². The summed E-state index contributed by atoms with van der Waals surface area (Å²) in [5.41, 5.74) is 7.15. The Morgan fingerprint density at radius 2 is 2.29 bits per heavy atom. The van der Waals surface area contributed by atoms with Gasteiger partial charge in [0.1, 0.15) is 6.07 Å². The van der Waals surface area contributed by atoms with Crippen LogP contribution in [0.5, 0.6) is 0 Å². The molecule has 0 fully saturated rings. The molecule has 1 aromatic carbocycles. The summed E-state index contributed by atoms with van der Waals surface area (Å²) in [6, 6.07) is 9.31. The number of anilines is 1. The number of benzene rings is 1. The molecule has 0 atom stereocenters. The minimum Gasteiger partial charge on any atom is -0.399 e. The molecule has 1 aromatic heterocycles. The molecule has 4 heteroatoms. The van der Waals surface area contributed by atoms with Crippen LogP contribution in [0, 0.1) is 11.3 Å². The van der Waals surface area contributed by atoms with Crippen LogP contribution in [0.2, 0.25) is 0 Å². The topological polar surface area (TPSA) is 67.6 Å². The molecule has 2 N–H and O–H groups in total. The summed E-state index contributed by atoms with van der Waals surface area (Å²) in [6.45, 7) is 0. The fraction of sp³-hybridized carbons (Fsp3) is 0. The van der Waals surface area contributed by atoms with Gasteiger partial charge in [0.05, 0.1) is 0 Å². The van der Waals surface area contributed by atoms with Gasteiger partial charge in [-0.15, -0.1) is 0 Å². The molecule has 0 radical (unpaired) electrons. The van der Waals surface area contributed by atoms with E-state index in [4.69, 9.17) is 11.0 Å². The minimum atomic E-state index is 0.357. The van der Waals surface area contributed by atoms with Crippen molar-refractivity contribution in [2.24, 2.45) is 0 Å². The van der Waals surface area contributed by atoms with Gasteiger partial charge in [-0.3, -0.25) is 4.57 Å². The Hall–Kier alpha value is -2.28. The van der Waals surface area contributed by atoms with Crippen LogP contribution in [-0.2, 0) is 0 Å². The van der Waals surface area contributed by atoms with E-state index in [1.54, 1.807) is 29.1 Å². The molecule has 0 saturated carbocycles. The molecule has 0 bridgehead atoms. The van der Waals surface area contributed by atoms with Crippen molar-refractivity contribution in [1.82, 2.24) is 9.55 Å². The fourth-order valence-corrected chi connectivity index (χ4v) is 1.27. The van der Waals surface area contributed by atoms with E-state index in [0.717, 1.165) is 5.69 Å². The summed E-state index contributed by atoms with van der Waals surface area (Å²) >= 11 is 0. The molecule has 0 aliphatic rings. The maximum absolute atomic E-state index is 8.77. The predicted molar refractivity (Wildman–Crippen MR) is 52.7 cm³/mol. The van der Waals surface area contributed by atoms with Crippen LogP contribution in [0.1, 0.15) is 5.82 Å². The standard InChI is InChI=1S/C10H8N4/c11-7-10-13-4-5-14(10)9-3-1-2-8(12)6-9/h1-6H,12H2. The Balaban J connectivity index is 2.56. The van der Waals surface area contributed by atoms with Crippen molar-refractivity contribution in [3.63, 3.8) is 0 Å². The van der Waals surface area contributed by atoms with Crippen LogP contribution in [-0.4, -0.2) is 9.55 Å². The summed E-state index contributed by atoms with van der Waals surface area (Å²) in [5.74, 6) is 0.357. The number of nitriles is 1. The number of nitrogens with two attached hydrogens (primary N) is 1. The first kappa shape index (κ1) is 8.32. The molecule has 0 saturated heterocycles. The van der Waals surface area contributed by atoms with Crippen molar-refractivity contribution >= 4 is 5.69 Å². The maximum atomic E-state index is 8.77. The van der Waals surface area contributed by atoms with Gasteiger partial charge in [-0.2, -0.15) is 5.26 Å². The first-order valence-corrected chi connectivity index (χ1v) is 4.10. The lowest BCUT2D eigenvalue weighted by molar-refractivity contribution is 1.02. The summed E-state index contributed by atoms with van der Waals surface area (Å²) in [4.78, 5) is 3.90. The second-order valence-electron chi connectivity index (χ2n) is 2.83. The largest absolute Gasteiger partial charge is 0.399 e. The maximum Gasteiger partial charge on any atom is 0.217 e. The van der Waals surface area contributed by atoms with Gasteiger partial charge in [-0.25, -0.2) is 4.98 Å². The molecule has 0 aliphatic heterocycles. The summed E-state index contributed by atoms with van der Waals surface area (Å²) in [6.07, 6.45) is 3.31. The monoisotopic (exact) mass is 184 g/mol. The van der Waals surface area contributed by atoms with E-state index < -0.39 is 0 Å². The minimum absolute atomic E-state index is 0.357. The third kappa shape index (κ3) is 1.31. The molecular weight excluding hydrogens is 176 g/mol. The quantitative estimate of drug-likeness (QED) is 0.680. The van der Waals surface area contributed by atoms with Crippen molar-refractivity contribution < 1.29 is 0 Å². The predicted octanol–water partition coefficient (Wildman–Crippen LogP) is 1.33. The molecule has 0 unspecified atom stereocenters. The number of nitrogen functional groups attached to an aromatic ring is 1. The lowest BCUT2D eigenvalue weighted by atomic mass is 10.3. The number of rotatable bonds is 1. The number of hydrogen-bond acceptors (Lipinski definition) is 3. The fourth-order valence-electron chi connectivity index (χ4n) is 1.27. The number of imidazole rings is 1. The van der Waals surface area contributed by atoms with E-state index in [9.17, 15) is 0 Å². The van der Waals surface area contributed by atoms with Gasteiger partial charge in [0, 0.05) is 23.8 Å². The lowest BCUT2D eigenvalue weighted by Crippen LogP contribution is -1.97. The van der Waals surface area contributed by atoms with Crippen LogP contribution in [0.4, 0.5) is 5.69 Å². The third-order valence-corrected chi connectivity index (χ3v) is 1.89. The van der Waals surface area contributed by atoms with Gasteiger partial charge < -0.3 is 5.73 Å². The zero-order chi connectivity index (χ0) is 9.97. The highest BCUT2D eigenvalue weighted by Gasteiger charge is 2.02. The van der Waals surface area contributed by atoms with Gasteiger partial charge in [0.25, 0.3) is 0 Å². The van der Waals surface area contributed by atoms with Gasteiger partial charge in [-0.1, -0.05) is 6.07 Å². The van der Waals surface area contributed by atoms with Crippen LogP contribution >= 0.6 is 0 Å². The van der Waals surface area contributed by atoms with Gasteiger partial charge in [0.2, 0.25) is 5.82 Å². The zero-order valence-corrected chi connectivity index (χ0v) is 7.38. The number of hydrogen-bond donors (Lipinski definition) is 1. The normalized spacial score (nSPS) is 9.64. The van der Waals surface area contributed by atoms with Crippen LogP contribution < -0.4 is 5.73 Å². The summed E-state index contributed by atoms with van der Waals surface area (Å²) < 4.78 is 1.69. The van der Waals surface area contributed by atoms with Crippen molar-refractivity contribution in [2.75, 3.05) is 5.73 Å². The first-order valence-electron chi connectivity index (χ1n) is 4.10. The number of aromatic nitrogens is 2. The van der Waals surface area contributed by atoms with E-state index in [2.05, 4.69) is 4.98 Å². The smallest absolute Gasteiger partial charge is 0.217 e. The van der Waals surface area contributed by atoms with Crippen molar-refractivity contribution in [1.29, 1.82) is 5.26 Å². The Labute approximate surface area is 81.2 Å². The van der Waals surface area contributed by atoms with Gasteiger partial charge >= 0.3 is 0 Å². The van der Waals surface area contributed by atoms with E-state index in [0.29, 0.717) is 11.5 Å².